The molecule has 1 fully saturated rings. The minimum absolute atomic E-state index is 0.686. The van der Waals surface area contributed by atoms with Crippen LogP contribution in [-0.4, -0.2) is 20.1 Å². The minimum atomic E-state index is -0.686. The third kappa shape index (κ3) is 1.12. The van der Waals surface area contributed by atoms with E-state index in [1.54, 1.807) is 10.9 Å². The first-order valence-electron chi connectivity index (χ1n) is 4.30. The average molecular weight is 167 g/mol. The Morgan fingerprint density at radius 1 is 1.50 bits per heavy atom. The molecule has 0 saturated heterocycles. The van der Waals surface area contributed by atoms with Gasteiger partial charge in [-0.3, -0.25) is 4.68 Å². The summed E-state index contributed by atoms with van der Waals surface area (Å²) >= 11 is 0. The van der Waals surface area contributed by atoms with Gasteiger partial charge in [-0.05, 0) is 12.8 Å². The Labute approximate surface area is 71.2 Å². The Kier molecular flexibility index (Phi) is 1.65. The number of aliphatic hydroxyl groups is 1. The molecular weight excluding hydrogens is 154 g/mol. The Balaban J connectivity index is 2.28. The second-order valence-electron chi connectivity index (χ2n) is 3.52. The van der Waals surface area contributed by atoms with Gasteiger partial charge in [0, 0.05) is 7.05 Å². The first kappa shape index (κ1) is 7.73. The minimum Gasteiger partial charge on any atom is -0.383 e. The summed E-state index contributed by atoms with van der Waals surface area (Å²) < 4.78 is 1.63. The van der Waals surface area contributed by atoms with Crippen LogP contribution in [0, 0.1) is 0 Å². The van der Waals surface area contributed by atoms with E-state index < -0.39 is 5.60 Å². The molecule has 0 radical (unpaired) electrons. The van der Waals surface area contributed by atoms with Gasteiger partial charge < -0.3 is 5.11 Å². The Morgan fingerprint density at radius 2 is 2.17 bits per heavy atom. The number of nitrogens with zero attached hydrogens (tertiary/aromatic N) is 3. The van der Waals surface area contributed by atoms with Crippen LogP contribution in [0.5, 0.6) is 0 Å². The van der Waals surface area contributed by atoms with E-state index in [4.69, 9.17) is 0 Å². The van der Waals surface area contributed by atoms with Gasteiger partial charge in [0.15, 0.2) is 0 Å². The normalized spacial score (nSPS) is 21.5. The highest BCUT2D eigenvalue weighted by atomic mass is 16.3. The van der Waals surface area contributed by atoms with Crippen molar-refractivity contribution in [3.8, 4) is 0 Å². The van der Waals surface area contributed by atoms with Crippen molar-refractivity contribution < 1.29 is 5.11 Å². The molecule has 1 aliphatic carbocycles. The van der Waals surface area contributed by atoms with Crippen LogP contribution < -0.4 is 0 Å². The summed E-state index contributed by atoms with van der Waals surface area (Å²) in [5, 5.41) is 17.8. The second kappa shape index (κ2) is 2.55. The topological polar surface area (TPSA) is 50.9 Å². The van der Waals surface area contributed by atoms with Gasteiger partial charge in [-0.15, -0.1) is 5.10 Å². The fourth-order valence-corrected chi connectivity index (χ4v) is 1.78. The number of hydrogen-bond acceptors (Lipinski definition) is 3. The maximum Gasteiger partial charge on any atom is 0.114 e. The van der Waals surface area contributed by atoms with Crippen LogP contribution in [0.4, 0.5) is 0 Å². The molecular formula is C8H13N3O. The third-order valence-corrected chi connectivity index (χ3v) is 2.51. The molecule has 0 unspecified atom stereocenters. The number of aryl methyl sites for hydroxylation is 1. The highest BCUT2D eigenvalue weighted by molar-refractivity contribution is 5.08. The van der Waals surface area contributed by atoms with Gasteiger partial charge >= 0.3 is 0 Å². The number of hydrogen-bond donors (Lipinski definition) is 1. The average Bonchev–Trinajstić information content (AvgIpc) is 2.59. The first-order chi connectivity index (χ1) is 5.71. The van der Waals surface area contributed by atoms with Crippen molar-refractivity contribution >= 4 is 0 Å². The summed E-state index contributed by atoms with van der Waals surface area (Å²) in [6.07, 6.45) is 5.63. The summed E-state index contributed by atoms with van der Waals surface area (Å²) in [4.78, 5) is 0. The quantitative estimate of drug-likeness (QED) is 0.665. The summed E-state index contributed by atoms with van der Waals surface area (Å²) in [6, 6.07) is 0. The number of rotatable bonds is 1. The van der Waals surface area contributed by atoms with Gasteiger partial charge in [-0.2, -0.15) is 0 Å². The van der Waals surface area contributed by atoms with E-state index in [-0.39, 0.29) is 0 Å². The molecule has 4 nitrogen and oxygen atoms in total. The van der Waals surface area contributed by atoms with Gasteiger partial charge in [-0.25, -0.2) is 0 Å². The molecule has 1 aromatic rings. The molecule has 66 valence electrons. The molecule has 12 heavy (non-hydrogen) atoms. The fraction of sp³-hybridized carbons (Fsp3) is 0.750. The largest absolute Gasteiger partial charge is 0.383 e. The molecule has 1 saturated carbocycles. The van der Waals surface area contributed by atoms with Crippen molar-refractivity contribution in [3.63, 3.8) is 0 Å². The predicted molar refractivity (Wildman–Crippen MR) is 43.4 cm³/mol. The second-order valence-corrected chi connectivity index (χ2v) is 3.52. The molecule has 1 heterocycles. The smallest absolute Gasteiger partial charge is 0.114 e. The Hall–Kier alpha value is -0.900. The molecule has 0 atom stereocenters. The third-order valence-electron chi connectivity index (χ3n) is 2.51. The van der Waals surface area contributed by atoms with Crippen molar-refractivity contribution in [1.29, 1.82) is 0 Å². The van der Waals surface area contributed by atoms with Crippen molar-refractivity contribution in [3.05, 3.63) is 11.9 Å². The highest BCUT2D eigenvalue weighted by Gasteiger charge is 2.35. The van der Waals surface area contributed by atoms with Crippen molar-refractivity contribution in [2.75, 3.05) is 0 Å². The van der Waals surface area contributed by atoms with Gasteiger partial charge in [-0.1, -0.05) is 18.1 Å². The van der Waals surface area contributed by atoms with Crippen molar-refractivity contribution in [1.82, 2.24) is 15.0 Å². The molecule has 4 heteroatoms. The monoisotopic (exact) mass is 167 g/mol. The standard InChI is InChI=1S/C8H13N3O/c1-11-6-7(9-10-11)8(12)4-2-3-5-8/h6,12H,2-5H2,1H3. The van der Waals surface area contributed by atoms with Gasteiger partial charge in [0.25, 0.3) is 0 Å². The zero-order valence-electron chi connectivity index (χ0n) is 7.19. The zero-order valence-corrected chi connectivity index (χ0v) is 7.19. The van der Waals surface area contributed by atoms with Crippen LogP contribution in [0.2, 0.25) is 0 Å². The maximum atomic E-state index is 10.1. The van der Waals surface area contributed by atoms with E-state index in [0.717, 1.165) is 31.4 Å². The first-order valence-corrected chi connectivity index (χ1v) is 4.30. The molecule has 1 N–H and O–H groups in total. The van der Waals surface area contributed by atoms with Crippen LogP contribution in [0.15, 0.2) is 6.20 Å². The molecule has 1 aliphatic rings. The van der Waals surface area contributed by atoms with Crippen molar-refractivity contribution in [2.24, 2.45) is 7.05 Å². The summed E-state index contributed by atoms with van der Waals surface area (Å²) in [5.41, 5.74) is 0.0383. The summed E-state index contributed by atoms with van der Waals surface area (Å²) in [7, 11) is 1.81. The van der Waals surface area contributed by atoms with Gasteiger partial charge in [0.2, 0.25) is 0 Å². The Morgan fingerprint density at radius 3 is 2.67 bits per heavy atom. The SMILES string of the molecule is Cn1cc(C2(O)CCCC2)nn1. The van der Waals surface area contributed by atoms with Gasteiger partial charge in [0.1, 0.15) is 11.3 Å². The molecule has 0 spiro atoms. The van der Waals surface area contributed by atoms with E-state index >= 15 is 0 Å². The fourth-order valence-electron chi connectivity index (χ4n) is 1.78. The lowest BCUT2D eigenvalue weighted by Crippen LogP contribution is -2.21. The lowest BCUT2D eigenvalue weighted by Gasteiger charge is -2.17. The van der Waals surface area contributed by atoms with Crippen LogP contribution in [0.1, 0.15) is 31.4 Å². The predicted octanol–water partition coefficient (Wildman–Crippen LogP) is 0.577. The summed E-state index contributed by atoms with van der Waals surface area (Å²) in [6.45, 7) is 0. The van der Waals surface area contributed by atoms with E-state index in [0.29, 0.717) is 0 Å². The van der Waals surface area contributed by atoms with E-state index in [2.05, 4.69) is 10.3 Å². The molecule has 2 rings (SSSR count). The highest BCUT2D eigenvalue weighted by Crippen LogP contribution is 2.36. The van der Waals surface area contributed by atoms with Crippen LogP contribution in [0.3, 0.4) is 0 Å². The number of aromatic nitrogens is 3. The molecule has 0 bridgehead atoms. The van der Waals surface area contributed by atoms with E-state index in [1.165, 1.54) is 0 Å². The van der Waals surface area contributed by atoms with Crippen molar-refractivity contribution in [2.45, 2.75) is 31.3 Å². The van der Waals surface area contributed by atoms with Crippen LogP contribution >= 0.6 is 0 Å². The zero-order chi connectivity index (χ0) is 8.60. The summed E-state index contributed by atoms with van der Waals surface area (Å²) in [5.74, 6) is 0. The van der Waals surface area contributed by atoms with Gasteiger partial charge in [0.05, 0.1) is 6.20 Å². The molecule has 0 aliphatic heterocycles. The molecule has 0 aromatic carbocycles. The molecule has 0 amide bonds. The van der Waals surface area contributed by atoms with Crippen LogP contribution in [0.25, 0.3) is 0 Å². The Bertz CT molecular complexity index is 276. The van der Waals surface area contributed by atoms with E-state index in [1.807, 2.05) is 7.05 Å². The van der Waals surface area contributed by atoms with Crippen LogP contribution in [-0.2, 0) is 12.6 Å². The van der Waals surface area contributed by atoms with E-state index in [9.17, 15) is 5.11 Å². The maximum absolute atomic E-state index is 10.1. The molecule has 1 aromatic heterocycles. The lowest BCUT2D eigenvalue weighted by molar-refractivity contribution is 0.0398. The lowest BCUT2D eigenvalue weighted by atomic mass is 9.99.